The normalized spacial score (nSPS) is 11.0. The molecule has 0 bridgehead atoms. The quantitative estimate of drug-likeness (QED) is 0.645. The molecular formula is C14H11N3O3. The van der Waals surface area contributed by atoms with Crippen LogP contribution in [0.25, 0.3) is 16.4 Å². The Bertz CT molecular complexity index is 880. The van der Waals surface area contributed by atoms with E-state index in [9.17, 15) is 14.7 Å². The van der Waals surface area contributed by atoms with Gasteiger partial charge in [-0.2, -0.15) is 0 Å². The second-order valence-electron chi connectivity index (χ2n) is 4.45. The molecule has 2 heterocycles. The number of aromatic hydroxyl groups is 1. The number of nitrogens with zero attached hydrogens (tertiary/aromatic N) is 1. The highest BCUT2D eigenvalue weighted by molar-refractivity contribution is 6.14. The van der Waals surface area contributed by atoms with Crippen LogP contribution in [0, 0.1) is 0 Å². The number of fused-ring (bicyclic) bond motifs is 3. The van der Waals surface area contributed by atoms with Crippen LogP contribution >= 0.6 is 0 Å². The maximum atomic E-state index is 11.7. The minimum atomic E-state index is -0.666. The van der Waals surface area contributed by atoms with Crippen LogP contribution in [0.15, 0.2) is 36.5 Å². The van der Waals surface area contributed by atoms with Gasteiger partial charge in [-0.15, -0.1) is 0 Å². The first-order valence-electron chi connectivity index (χ1n) is 5.86. The molecule has 0 atom stereocenters. The van der Waals surface area contributed by atoms with E-state index in [1.165, 1.54) is 12.3 Å². The topological polar surface area (TPSA) is 111 Å². The van der Waals surface area contributed by atoms with E-state index in [2.05, 4.69) is 0 Å². The van der Waals surface area contributed by atoms with Crippen LogP contribution in [-0.4, -0.2) is 21.3 Å². The van der Waals surface area contributed by atoms with Crippen molar-refractivity contribution in [2.45, 2.75) is 0 Å². The smallest absolute Gasteiger partial charge is 0.251 e. The Balaban J connectivity index is 2.59. The van der Waals surface area contributed by atoms with E-state index in [4.69, 9.17) is 11.5 Å². The molecule has 0 saturated carbocycles. The number of rotatable bonds is 2. The third kappa shape index (κ3) is 1.51. The molecule has 0 aliphatic carbocycles. The maximum absolute atomic E-state index is 11.7. The summed E-state index contributed by atoms with van der Waals surface area (Å²) < 4.78 is 1.55. The highest BCUT2D eigenvalue weighted by Gasteiger charge is 2.20. The van der Waals surface area contributed by atoms with E-state index in [1.807, 2.05) is 0 Å². The van der Waals surface area contributed by atoms with Gasteiger partial charge in [0, 0.05) is 11.6 Å². The zero-order valence-corrected chi connectivity index (χ0v) is 10.3. The van der Waals surface area contributed by atoms with Gasteiger partial charge in [-0.1, -0.05) is 18.2 Å². The largest absolute Gasteiger partial charge is 0.506 e. The Hall–Kier alpha value is -3.02. The van der Waals surface area contributed by atoms with Crippen molar-refractivity contribution in [1.29, 1.82) is 0 Å². The van der Waals surface area contributed by atoms with Crippen LogP contribution in [-0.2, 0) is 0 Å². The fraction of sp³-hybridized carbons (Fsp3) is 0. The number of aromatic nitrogens is 1. The maximum Gasteiger partial charge on any atom is 0.251 e. The zero-order valence-electron chi connectivity index (χ0n) is 10.3. The Morgan fingerprint density at radius 2 is 1.80 bits per heavy atom. The van der Waals surface area contributed by atoms with E-state index in [-0.39, 0.29) is 22.4 Å². The standard InChI is InChI=1S/C14H11N3O3/c15-13(19)7-5-10(18)12-11(14(16)20)8-3-1-2-4-9(8)17(12)6-7/h1-6,18H,(H2,15,19)(H2,16,20). The molecule has 20 heavy (non-hydrogen) atoms. The molecule has 2 amide bonds. The summed E-state index contributed by atoms with van der Waals surface area (Å²) >= 11 is 0. The van der Waals surface area contributed by atoms with Crippen molar-refractivity contribution >= 4 is 28.2 Å². The Labute approximate surface area is 113 Å². The van der Waals surface area contributed by atoms with Crippen molar-refractivity contribution in [2.24, 2.45) is 11.5 Å². The Morgan fingerprint density at radius 1 is 1.10 bits per heavy atom. The van der Waals surface area contributed by atoms with E-state index in [1.54, 1.807) is 28.7 Å². The number of hydrogen-bond acceptors (Lipinski definition) is 3. The van der Waals surface area contributed by atoms with Crippen molar-refractivity contribution in [3.63, 3.8) is 0 Å². The number of benzene rings is 1. The minimum Gasteiger partial charge on any atom is -0.506 e. The molecule has 0 fully saturated rings. The predicted octanol–water partition coefficient (Wildman–Crippen LogP) is 0.996. The Morgan fingerprint density at radius 3 is 2.45 bits per heavy atom. The molecule has 2 aromatic heterocycles. The lowest BCUT2D eigenvalue weighted by Crippen LogP contribution is -2.13. The van der Waals surface area contributed by atoms with E-state index in [0.29, 0.717) is 10.9 Å². The van der Waals surface area contributed by atoms with Gasteiger partial charge in [-0.25, -0.2) is 0 Å². The molecule has 3 rings (SSSR count). The number of pyridine rings is 1. The summed E-state index contributed by atoms with van der Waals surface area (Å²) in [5.41, 5.74) is 11.9. The van der Waals surface area contributed by atoms with Crippen LogP contribution < -0.4 is 11.5 Å². The van der Waals surface area contributed by atoms with E-state index < -0.39 is 11.8 Å². The second kappa shape index (κ2) is 3.99. The van der Waals surface area contributed by atoms with E-state index >= 15 is 0 Å². The summed E-state index contributed by atoms with van der Waals surface area (Å²) in [5.74, 6) is -1.53. The first-order chi connectivity index (χ1) is 9.50. The summed E-state index contributed by atoms with van der Waals surface area (Å²) in [6.07, 6.45) is 1.48. The van der Waals surface area contributed by atoms with Crippen molar-refractivity contribution in [3.05, 3.63) is 47.7 Å². The van der Waals surface area contributed by atoms with Gasteiger partial charge in [0.25, 0.3) is 5.91 Å². The molecule has 0 spiro atoms. The zero-order chi connectivity index (χ0) is 14.4. The van der Waals surface area contributed by atoms with Gasteiger partial charge in [0.05, 0.1) is 16.6 Å². The van der Waals surface area contributed by atoms with Crippen LogP contribution in [0.5, 0.6) is 5.75 Å². The number of primary amides is 2. The molecule has 0 aliphatic heterocycles. The van der Waals surface area contributed by atoms with Gasteiger partial charge in [-0.3, -0.25) is 9.59 Å². The number of carbonyl (C=O) groups is 2. The summed E-state index contributed by atoms with van der Waals surface area (Å²) in [5, 5.41) is 10.7. The monoisotopic (exact) mass is 269 g/mol. The molecule has 0 unspecified atom stereocenters. The van der Waals surface area contributed by atoms with Gasteiger partial charge < -0.3 is 21.0 Å². The summed E-state index contributed by atoms with van der Waals surface area (Å²) in [6, 6.07) is 8.27. The first kappa shape index (κ1) is 12.0. The fourth-order valence-corrected chi connectivity index (χ4v) is 2.43. The highest BCUT2D eigenvalue weighted by atomic mass is 16.3. The van der Waals surface area contributed by atoms with Gasteiger partial charge in [0.15, 0.2) is 0 Å². The van der Waals surface area contributed by atoms with Crippen molar-refractivity contribution in [1.82, 2.24) is 4.40 Å². The van der Waals surface area contributed by atoms with Crippen molar-refractivity contribution < 1.29 is 14.7 Å². The number of nitrogens with two attached hydrogens (primary N) is 2. The fourth-order valence-electron chi connectivity index (χ4n) is 2.43. The van der Waals surface area contributed by atoms with E-state index in [0.717, 1.165) is 0 Å². The molecule has 6 nitrogen and oxygen atoms in total. The lowest BCUT2D eigenvalue weighted by atomic mass is 10.1. The third-order valence-corrected chi connectivity index (χ3v) is 3.24. The molecule has 6 heteroatoms. The molecule has 5 N–H and O–H groups in total. The Kier molecular flexibility index (Phi) is 2.40. The molecule has 0 saturated heterocycles. The SMILES string of the molecule is NC(=O)c1cc(O)c2c(C(N)=O)c3ccccc3n2c1. The van der Waals surface area contributed by atoms with Crippen LogP contribution in [0.1, 0.15) is 20.7 Å². The van der Waals surface area contributed by atoms with Crippen molar-refractivity contribution in [3.8, 4) is 5.75 Å². The summed E-state index contributed by atoms with van der Waals surface area (Å²) in [4.78, 5) is 22.9. The van der Waals surface area contributed by atoms with Gasteiger partial charge in [-0.05, 0) is 12.1 Å². The highest BCUT2D eigenvalue weighted by Crippen LogP contribution is 2.32. The van der Waals surface area contributed by atoms with Crippen LogP contribution in [0.3, 0.4) is 0 Å². The summed E-state index contributed by atoms with van der Waals surface area (Å²) in [7, 11) is 0. The second-order valence-corrected chi connectivity index (χ2v) is 4.45. The molecule has 3 aromatic rings. The molecule has 100 valence electrons. The molecule has 0 radical (unpaired) electrons. The van der Waals surface area contributed by atoms with Gasteiger partial charge >= 0.3 is 0 Å². The number of hydrogen-bond donors (Lipinski definition) is 3. The van der Waals surface area contributed by atoms with Gasteiger partial charge in [0.2, 0.25) is 5.91 Å². The van der Waals surface area contributed by atoms with Crippen molar-refractivity contribution in [2.75, 3.05) is 0 Å². The molecule has 1 aromatic carbocycles. The molecular weight excluding hydrogens is 258 g/mol. The average molecular weight is 269 g/mol. The van der Waals surface area contributed by atoms with Crippen LogP contribution in [0.2, 0.25) is 0 Å². The summed E-state index contributed by atoms with van der Waals surface area (Å²) in [6.45, 7) is 0. The number of carbonyl (C=O) groups excluding carboxylic acids is 2. The third-order valence-electron chi connectivity index (χ3n) is 3.24. The average Bonchev–Trinajstić information content (AvgIpc) is 2.74. The number of amides is 2. The predicted molar refractivity (Wildman–Crippen MR) is 73.6 cm³/mol. The van der Waals surface area contributed by atoms with Gasteiger partial charge in [0.1, 0.15) is 11.3 Å². The lowest BCUT2D eigenvalue weighted by molar-refractivity contribution is 0.0993. The number of para-hydroxylation sites is 1. The lowest BCUT2D eigenvalue weighted by Gasteiger charge is -2.04. The first-order valence-corrected chi connectivity index (χ1v) is 5.86. The molecule has 0 aliphatic rings. The van der Waals surface area contributed by atoms with Crippen LogP contribution in [0.4, 0.5) is 0 Å². The minimum absolute atomic E-state index is 0.145.